The molecule has 0 aliphatic rings. The first kappa shape index (κ1) is 14.4. The molecule has 1 heterocycles. The summed E-state index contributed by atoms with van der Waals surface area (Å²) in [5, 5.41) is 2.86. The Morgan fingerprint density at radius 1 is 1.30 bits per heavy atom. The van der Waals surface area contributed by atoms with Crippen LogP contribution in [0.25, 0.3) is 0 Å². The quantitative estimate of drug-likeness (QED) is 0.671. The molecule has 6 nitrogen and oxygen atoms in total. The number of halogens is 2. The number of nitrogens with one attached hydrogen (secondary N) is 1. The van der Waals surface area contributed by atoms with E-state index in [-0.39, 0.29) is 27.6 Å². The van der Waals surface area contributed by atoms with Crippen LogP contribution in [-0.2, 0) is 0 Å². The topological polar surface area (TPSA) is 90.1 Å². The van der Waals surface area contributed by atoms with E-state index in [4.69, 9.17) is 33.7 Å². The molecule has 1 aromatic carbocycles. The van der Waals surface area contributed by atoms with Gasteiger partial charge in [-0.15, -0.1) is 0 Å². The molecule has 1 aromatic heterocycles. The fourth-order valence-electron chi connectivity index (χ4n) is 1.44. The van der Waals surface area contributed by atoms with Crippen molar-refractivity contribution in [1.29, 1.82) is 0 Å². The van der Waals surface area contributed by atoms with E-state index >= 15 is 0 Å². The molecule has 20 heavy (non-hydrogen) atoms. The summed E-state index contributed by atoms with van der Waals surface area (Å²) >= 11 is 11.7. The van der Waals surface area contributed by atoms with Crippen LogP contribution in [0.4, 0.5) is 11.6 Å². The minimum Gasteiger partial charge on any atom is -0.481 e. The zero-order valence-electron chi connectivity index (χ0n) is 10.4. The highest BCUT2D eigenvalue weighted by atomic mass is 35.5. The number of nitrogen functional groups attached to an aromatic ring is 1. The van der Waals surface area contributed by atoms with Crippen LogP contribution in [0.1, 0.15) is 10.4 Å². The Labute approximate surface area is 124 Å². The largest absolute Gasteiger partial charge is 0.481 e. The smallest absolute Gasteiger partial charge is 0.259 e. The molecule has 0 aliphatic carbocycles. The molecule has 104 valence electrons. The van der Waals surface area contributed by atoms with E-state index in [9.17, 15) is 4.79 Å². The molecule has 1 amide bonds. The second-order valence-corrected chi connectivity index (χ2v) is 4.54. The highest BCUT2D eigenvalue weighted by Gasteiger charge is 2.13. The Morgan fingerprint density at radius 3 is 2.70 bits per heavy atom. The van der Waals surface area contributed by atoms with E-state index in [0.29, 0.717) is 5.69 Å². The third kappa shape index (κ3) is 3.28. The van der Waals surface area contributed by atoms with Gasteiger partial charge in [0.05, 0.1) is 17.7 Å². The molecule has 2 rings (SSSR count). The zero-order chi connectivity index (χ0) is 14.7. The van der Waals surface area contributed by atoms with E-state index in [1.807, 2.05) is 0 Å². The van der Waals surface area contributed by atoms with Gasteiger partial charge in [0.2, 0.25) is 11.8 Å². The van der Waals surface area contributed by atoms with Crippen molar-refractivity contribution in [3.63, 3.8) is 0 Å². The van der Waals surface area contributed by atoms with Crippen LogP contribution in [0.2, 0.25) is 10.2 Å². The maximum absolute atomic E-state index is 12.1. The summed E-state index contributed by atoms with van der Waals surface area (Å²) in [4.78, 5) is 19.9. The summed E-state index contributed by atoms with van der Waals surface area (Å²) < 4.78 is 4.93. The predicted octanol–water partition coefficient (Wildman–Crippen LogP) is 2.63. The molecular weight excluding hydrogens is 303 g/mol. The fraction of sp³-hybridized carbons (Fsp3) is 0.0833. The Morgan fingerprint density at radius 2 is 2.05 bits per heavy atom. The van der Waals surface area contributed by atoms with Crippen molar-refractivity contribution in [2.75, 3.05) is 18.2 Å². The third-order valence-electron chi connectivity index (χ3n) is 2.34. The second kappa shape index (κ2) is 5.94. The number of amides is 1. The molecule has 8 heteroatoms. The summed E-state index contributed by atoms with van der Waals surface area (Å²) in [6, 6.07) is 5.98. The highest BCUT2D eigenvalue weighted by molar-refractivity contribution is 6.34. The van der Waals surface area contributed by atoms with Crippen LogP contribution < -0.4 is 15.8 Å². The van der Waals surface area contributed by atoms with Gasteiger partial charge in [-0.3, -0.25) is 10.1 Å². The van der Waals surface area contributed by atoms with Gasteiger partial charge in [-0.25, -0.2) is 4.98 Å². The SMILES string of the molecule is COc1cc(Cl)nc(NC(=O)c2ccc(N)cc2Cl)n1. The van der Waals surface area contributed by atoms with Gasteiger partial charge in [0.25, 0.3) is 5.91 Å². The highest BCUT2D eigenvalue weighted by Crippen LogP contribution is 2.21. The molecule has 0 atom stereocenters. The summed E-state index contributed by atoms with van der Waals surface area (Å²) in [5.41, 5.74) is 6.28. The van der Waals surface area contributed by atoms with E-state index in [1.54, 1.807) is 6.07 Å². The van der Waals surface area contributed by atoms with Crippen molar-refractivity contribution in [2.24, 2.45) is 0 Å². The number of aromatic nitrogens is 2. The van der Waals surface area contributed by atoms with Gasteiger partial charge >= 0.3 is 0 Å². The van der Waals surface area contributed by atoms with Crippen LogP contribution >= 0.6 is 23.2 Å². The number of hydrogen-bond acceptors (Lipinski definition) is 5. The van der Waals surface area contributed by atoms with Crippen LogP contribution in [0.3, 0.4) is 0 Å². The average Bonchev–Trinajstić information content (AvgIpc) is 2.37. The standard InChI is InChI=1S/C12H10Cl2N4O2/c1-20-10-5-9(14)16-12(17-10)18-11(19)7-3-2-6(15)4-8(7)13/h2-5H,15H2,1H3,(H,16,17,18,19). The van der Waals surface area contributed by atoms with Gasteiger partial charge in [-0.05, 0) is 18.2 Å². The third-order valence-corrected chi connectivity index (χ3v) is 2.85. The Hall–Kier alpha value is -2.05. The summed E-state index contributed by atoms with van der Waals surface area (Å²) in [6.45, 7) is 0. The van der Waals surface area contributed by atoms with Gasteiger partial charge < -0.3 is 10.5 Å². The lowest BCUT2D eigenvalue weighted by atomic mass is 10.2. The summed E-state index contributed by atoms with van der Waals surface area (Å²) in [6.07, 6.45) is 0. The van der Waals surface area contributed by atoms with Crippen molar-refractivity contribution in [1.82, 2.24) is 9.97 Å². The van der Waals surface area contributed by atoms with E-state index in [2.05, 4.69) is 15.3 Å². The van der Waals surface area contributed by atoms with E-state index in [0.717, 1.165) is 0 Å². The molecule has 2 aromatic rings. The Balaban J connectivity index is 2.25. The lowest BCUT2D eigenvalue weighted by Gasteiger charge is -2.07. The van der Waals surface area contributed by atoms with Gasteiger partial charge in [-0.1, -0.05) is 23.2 Å². The monoisotopic (exact) mass is 312 g/mol. The number of carbonyl (C=O) groups is 1. The number of hydrogen-bond donors (Lipinski definition) is 2. The van der Waals surface area contributed by atoms with Crippen molar-refractivity contribution in [3.8, 4) is 5.88 Å². The Kier molecular flexibility index (Phi) is 4.26. The minimum absolute atomic E-state index is 0.0206. The number of methoxy groups -OCH3 is 1. The predicted molar refractivity (Wildman–Crippen MR) is 77.4 cm³/mol. The molecule has 0 fully saturated rings. The fourth-order valence-corrected chi connectivity index (χ4v) is 1.89. The van der Waals surface area contributed by atoms with Crippen LogP contribution in [0.15, 0.2) is 24.3 Å². The number of anilines is 2. The van der Waals surface area contributed by atoms with Gasteiger partial charge in [-0.2, -0.15) is 4.98 Å². The first-order valence-corrected chi connectivity index (χ1v) is 6.20. The molecule has 0 radical (unpaired) electrons. The van der Waals surface area contributed by atoms with Crippen LogP contribution in [0, 0.1) is 0 Å². The summed E-state index contributed by atoms with van der Waals surface area (Å²) in [5.74, 6) is -0.213. The number of ether oxygens (including phenoxy) is 1. The molecule has 0 aliphatic heterocycles. The molecule has 0 saturated carbocycles. The maximum atomic E-state index is 12.1. The van der Waals surface area contributed by atoms with E-state index in [1.165, 1.54) is 25.3 Å². The lowest BCUT2D eigenvalue weighted by molar-refractivity contribution is 0.102. The molecule has 0 unspecified atom stereocenters. The second-order valence-electron chi connectivity index (χ2n) is 3.75. The molecule has 0 bridgehead atoms. The first-order valence-electron chi connectivity index (χ1n) is 5.44. The van der Waals surface area contributed by atoms with E-state index < -0.39 is 5.91 Å². The van der Waals surface area contributed by atoms with Gasteiger partial charge in [0, 0.05) is 11.8 Å². The van der Waals surface area contributed by atoms with Crippen molar-refractivity contribution < 1.29 is 9.53 Å². The molecule has 0 saturated heterocycles. The lowest BCUT2D eigenvalue weighted by Crippen LogP contribution is -2.15. The number of carbonyl (C=O) groups excluding carboxylic acids is 1. The van der Waals surface area contributed by atoms with Crippen molar-refractivity contribution >= 4 is 40.7 Å². The van der Waals surface area contributed by atoms with Crippen molar-refractivity contribution in [2.45, 2.75) is 0 Å². The zero-order valence-corrected chi connectivity index (χ0v) is 11.9. The van der Waals surface area contributed by atoms with Crippen LogP contribution in [0.5, 0.6) is 5.88 Å². The number of nitrogens with two attached hydrogens (primary N) is 1. The molecule has 3 N–H and O–H groups in total. The molecule has 0 spiro atoms. The Bertz CT molecular complexity index is 664. The average molecular weight is 313 g/mol. The minimum atomic E-state index is -0.473. The normalized spacial score (nSPS) is 10.2. The number of rotatable bonds is 3. The van der Waals surface area contributed by atoms with Crippen LogP contribution in [-0.4, -0.2) is 23.0 Å². The summed E-state index contributed by atoms with van der Waals surface area (Å²) in [7, 11) is 1.43. The van der Waals surface area contributed by atoms with Gasteiger partial charge in [0.15, 0.2) is 0 Å². The first-order chi connectivity index (χ1) is 9.49. The molecular formula is C12H10Cl2N4O2. The van der Waals surface area contributed by atoms with Crippen molar-refractivity contribution in [3.05, 3.63) is 40.0 Å². The number of benzene rings is 1. The number of nitrogens with zero attached hydrogens (tertiary/aromatic N) is 2. The van der Waals surface area contributed by atoms with Gasteiger partial charge in [0.1, 0.15) is 5.15 Å². The maximum Gasteiger partial charge on any atom is 0.259 e.